The van der Waals surface area contributed by atoms with E-state index in [-0.39, 0.29) is 11.6 Å². The van der Waals surface area contributed by atoms with Gasteiger partial charge in [0, 0.05) is 22.2 Å². The maximum absolute atomic E-state index is 12.6. The van der Waals surface area contributed by atoms with Crippen molar-refractivity contribution in [1.82, 2.24) is 5.32 Å². The van der Waals surface area contributed by atoms with E-state index in [4.69, 9.17) is 0 Å². The maximum atomic E-state index is 12.6. The third kappa shape index (κ3) is 3.34. The fourth-order valence-electron chi connectivity index (χ4n) is 3.46. The third-order valence-electron chi connectivity index (χ3n) is 4.84. The van der Waals surface area contributed by atoms with Crippen molar-refractivity contribution in [2.45, 2.75) is 38.1 Å². The van der Waals surface area contributed by atoms with Crippen LogP contribution < -0.4 is 5.32 Å². The molecule has 25 heavy (non-hydrogen) atoms. The number of benzene rings is 1. The molecular formula is C17H18N2O5S. The van der Waals surface area contributed by atoms with E-state index in [2.05, 4.69) is 5.32 Å². The summed E-state index contributed by atoms with van der Waals surface area (Å²) in [5.74, 6) is -1.84. The number of nitrogens with one attached hydrogen (secondary N) is 1. The molecule has 132 valence electrons. The van der Waals surface area contributed by atoms with Crippen LogP contribution in [0.4, 0.5) is 5.69 Å². The minimum Gasteiger partial charge on any atom is -0.481 e. The van der Waals surface area contributed by atoms with E-state index in [0.717, 1.165) is 17.5 Å². The van der Waals surface area contributed by atoms with E-state index in [1.54, 1.807) is 19.1 Å². The summed E-state index contributed by atoms with van der Waals surface area (Å²) in [6.45, 7) is 1.78. The van der Waals surface area contributed by atoms with Crippen LogP contribution in [0.25, 0.3) is 10.1 Å². The third-order valence-corrected chi connectivity index (χ3v) is 5.95. The SMILES string of the molecule is CC1(NC(=O)c2cc3cc([N+](=O)[O-])ccc3s2)CCCCC1C(=O)O. The second-order valence-electron chi connectivity index (χ2n) is 6.60. The Kier molecular flexibility index (Phi) is 4.47. The molecule has 1 aromatic heterocycles. The lowest BCUT2D eigenvalue weighted by atomic mass is 9.74. The fraction of sp³-hybridized carbons (Fsp3) is 0.412. The number of carbonyl (C=O) groups excluding carboxylic acids is 1. The molecule has 1 saturated carbocycles. The number of nitrogens with zero attached hydrogens (tertiary/aromatic N) is 1. The first-order chi connectivity index (χ1) is 11.8. The molecule has 2 aromatic rings. The number of carboxylic acid groups (broad SMARTS) is 1. The molecule has 8 heteroatoms. The summed E-state index contributed by atoms with van der Waals surface area (Å²) < 4.78 is 0.777. The second kappa shape index (κ2) is 6.44. The van der Waals surface area contributed by atoms with Gasteiger partial charge in [0.25, 0.3) is 11.6 Å². The van der Waals surface area contributed by atoms with Crippen LogP contribution in [-0.2, 0) is 4.79 Å². The van der Waals surface area contributed by atoms with E-state index in [1.807, 2.05) is 0 Å². The number of nitro groups is 1. The summed E-state index contributed by atoms with van der Waals surface area (Å²) in [7, 11) is 0. The van der Waals surface area contributed by atoms with Gasteiger partial charge in [0.05, 0.1) is 21.3 Å². The van der Waals surface area contributed by atoms with E-state index in [9.17, 15) is 24.8 Å². The molecule has 0 bridgehead atoms. The summed E-state index contributed by atoms with van der Waals surface area (Å²) in [5, 5.41) is 23.8. The van der Waals surface area contributed by atoms with Crippen LogP contribution in [-0.4, -0.2) is 27.4 Å². The number of non-ortho nitro benzene ring substituents is 1. The molecule has 0 spiro atoms. The van der Waals surface area contributed by atoms with Gasteiger partial charge in [-0.2, -0.15) is 0 Å². The highest BCUT2D eigenvalue weighted by Gasteiger charge is 2.42. The van der Waals surface area contributed by atoms with Crippen LogP contribution in [0.5, 0.6) is 0 Å². The van der Waals surface area contributed by atoms with Gasteiger partial charge in [0.2, 0.25) is 0 Å². The van der Waals surface area contributed by atoms with Gasteiger partial charge in [0.15, 0.2) is 0 Å². The zero-order valence-corrected chi connectivity index (χ0v) is 14.5. The number of carboxylic acids is 1. The number of carbonyl (C=O) groups is 2. The van der Waals surface area contributed by atoms with Crippen molar-refractivity contribution in [1.29, 1.82) is 0 Å². The van der Waals surface area contributed by atoms with Crippen molar-refractivity contribution in [3.05, 3.63) is 39.3 Å². The minimum absolute atomic E-state index is 0.0255. The summed E-state index contributed by atoms with van der Waals surface area (Å²) >= 11 is 1.24. The monoisotopic (exact) mass is 362 g/mol. The number of nitro benzene ring substituents is 1. The van der Waals surface area contributed by atoms with Gasteiger partial charge < -0.3 is 10.4 Å². The van der Waals surface area contributed by atoms with Gasteiger partial charge in [-0.3, -0.25) is 19.7 Å². The smallest absolute Gasteiger partial charge is 0.308 e. The number of amides is 1. The van der Waals surface area contributed by atoms with Gasteiger partial charge in [-0.25, -0.2) is 0 Å². The quantitative estimate of drug-likeness (QED) is 0.638. The van der Waals surface area contributed by atoms with Crippen molar-refractivity contribution in [3.8, 4) is 0 Å². The van der Waals surface area contributed by atoms with Crippen LogP contribution in [0.1, 0.15) is 42.3 Å². The molecule has 0 aliphatic heterocycles. The van der Waals surface area contributed by atoms with E-state index < -0.39 is 22.3 Å². The van der Waals surface area contributed by atoms with Crippen LogP contribution in [0.2, 0.25) is 0 Å². The van der Waals surface area contributed by atoms with Crippen molar-refractivity contribution in [3.63, 3.8) is 0 Å². The van der Waals surface area contributed by atoms with E-state index in [1.165, 1.54) is 23.5 Å². The van der Waals surface area contributed by atoms with Gasteiger partial charge in [-0.1, -0.05) is 12.8 Å². The van der Waals surface area contributed by atoms with Crippen LogP contribution in [0, 0.1) is 16.0 Å². The predicted octanol–water partition coefficient (Wildman–Crippen LogP) is 3.57. The number of fused-ring (bicyclic) bond motifs is 1. The average molecular weight is 362 g/mol. The molecule has 7 nitrogen and oxygen atoms in total. The Morgan fingerprint density at radius 3 is 2.80 bits per heavy atom. The lowest BCUT2D eigenvalue weighted by Gasteiger charge is -2.39. The molecule has 3 rings (SSSR count). The number of hydrogen-bond acceptors (Lipinski definition) is 5. The molecule has 1 aliphatic carbocycles. The maximum Gasteiger partial charge on any atom is 0.308 e. The molecule has 1 aromatic carbocycles. The number of rotatable bonds is 4. The van der Waals surface area contributed by atoms with E-state index >= 15 is 0 Å². The predicted molar refractivity (Wildman–Crippen MR) is 93.9 cm³/mol. The summed E-state index contributed by atoms with van der Waals surface area (Å²) in [6.07, 6.45) is 2.88. The van der Waals surface area contributed by atoms with Crippen LogP contribution in [0.3, 0.4) is 0 Å². The van der Waals surface area contributed by atoms with Crippen molar-refractivity contribution >= 4 is 39.0 Å². The normalized spacial score (nSPS) is 23.3. The molecule has 2 unspecified atom stereocenters. The van der Waals surface area contributed by atoms with Gasteiger partial charge >= 0.3 is 5.97 Å². The molecule has 1 fully saturated rings. The van der Waals surface area contributed by atoms with Crippen molar-refractivity contribution in [2.24, 2.45) is 5.92 Å². The molecule has 1 heterocycles. The average Bonchev–Trinajstić information content (AvgIpc) is 2.97. The van der Waals surface area contributed by atoms with E-state index in [0.29, 0.717) is 23.1 Å². The van der Waals surface area contributed by atoms with Gasteiger partial charge in [-0.05, 0) is 31.9 Å². The Bertz CT molecular complexity index is 862. The van der Waals surface area contributed by atoms with Crippen LogP contribution in [0.15, 0.2) is 24.3 Å². The van der Waals surface area contributed by atoms with Crippen molar-refractivity contribution in [2.75, 3.05) is 0 Å². The molecule has 2 N–H and O–H groups in total. The first kappa shape index (κ1) is 17.3. The first-order valence-corrected chi connectivity index (χ1v) is 8.85. The number of hydrogen-bond donors (Lipinski definition) is 2. The molecule has 0 saturated heterocycles. The van der Waals surface area contributed by atoms with Crippen LogP contribution >= 0.6 is 11.3 Å². The Labute approximate surface area is 147 Å². The lowest BCUT2D eigenvalue weighted by molar-refractivity contribution is -0.384. The Balaban J connectivity index is 1.86. The molecular weight excluding hydrogens is 344 g/mol. The Hall–Kier alpha value is -2.48. The minimum atomic E-state index is -0.894. The molecule has 0 radical (unpaired) electrons. The Morgan fingerprint density at radius 1 is 1.36 bits per heavy atom. The zero-order chi connectivity index (χ0) is 18.2. The molecule has 2 atom stereocenters. The number of aliphatic carboxylic acids is 1. The standard InChI is InChI=1S/C17H18N2O5S/c1-17(7-3-2-4-12(17)16(21)22)18-15(20)14-9-10-8-11(19(23)24)5-6-13(10)25-14/h5-6,8-9,12H,2-4,7H2,1H3,(H,18,20)(H,21,22). The number of thiophene rings is 1. The summed E-state index contributed by atoms with van der Waals surface area (Å²) in [4.78, 5) is 35.0. The lowest BCUT2D eigenvalue weighted by Crippen LogP contribution is -2.55. The fourth-order valence-corrected chi connectivity index (χ4v) is 4.39. The highest BCUT2D eigenvalue weighted by Crippen LogP contribution is 2.35. The largest absolute Gasteiger partial charge is 0.481 e. The molecule has 1 aliphatic rings. The first-order valence-electron chi connectivity index (χ1n) is 8.03. The highest BCUT2D eigenvalue weighted by molar-refractivity contribution is 7.20. The second-order valence-corrected chi connectivity index (χ2v) is 7.68. The van der Waals surface area contributed by atoms with Crippen molar-refractivity contribution < 1.29 is 19.6 Å². The topological polar surface area (TPSA) is 110 Å². The highest BCUT2D eigenvalue weighted by atomic mass is 32.1. The zero-order valence-electron chi connectivity index (χ0n) is 13.7. The van der Waals surface area contributed by atoms with Gasteiger partial charge in [0.1, 0.15) is 0 Å². The molecule has 1 amide bonds. The summed E-state index contributed by atoms with van der Waals surface area (Å²) in [6, 6.07) is 6.08. The Morgan fingerprint density at radius 2 is 2.12 bits per heavy atom. The van der Waals surface area contributed by atoms with Gasteiger partial charge in [-0.15, -0.1) is 11.3 Å². The summed E-state index contributed by atoms with van der Waals surface area (Å²) in [5.41, 5.74) is -0.814.